The number of nitrogens with zero attached hydrogens (tertiary/aromatic N) is 3. The molecule has 0 fully saturated rings. The average Bonchev–Trinajstić information content (AvgIpc) is 2.88. The maximum atomic E-state index is 12.0. The van der Waals surface area contributed by atoms with Crippen LogP contribution in [0.25, 0.3) is 11.3 Å². The molecule has 0 amide bonds. The molecule has 0 aliphatic heterocycles. The Morgan fingerprint density at radius 1 is 1.56 bits per heavy atom. The van der Waals surface area contributed by atoms with Crippen molar-refractivity contribution < 1.29 is 9.53 Å². The van der Waals surface area contributed by atoms with Crippen LogP contribution in [0.4, 0.5) is 0 Å². The van der Waals surface area contributed by atoms with Gasteiger partial charge in [0.05, 0.1) is 6.10 Å². The number of aromatic nitrogens is 3. The highest BCUT2D eigenvalue weighted by Gasteiger charge is 2.20. The molecule has 2 rings (SSSR count). The lowest BCUT2D eigenvalue weighted by atomic mass is 10.2. The summed E-state index contributed by atoms with van der Waals surface area (Å²) in [5.41, 5.74) is 1.30. The first-order chi connectivity index (χ1) is 8.72. The van der Waals surface area contributed by atoms with E-state index in [4.69, 9.17) is 4.74 Å². The Balaban J connectivity index is 2.26. The molecule has 0 N–H and O–H groups in total. The highest BCUT2D eigenvalue weighted by atomic mass is 32.1. The van der Waals surface area contributed by atoms with Crippen LogP contribution in [-0.4, -0.2) is 26.6 Å². The van der Waals surface area contributed by atoms with Gasteiger partial charge in [0.15, 0.2) is 4.88 Å². The van der Waals surface area contributed by atoms with E-state index in [0.29, 0.717) is 10.6 Å². The number of carbonyl (C=O) groups is 1. The van der Waals surface area contributed by atoms with Crippen LogP contribution in [0, 0.1) is 0 Å². The fraction of sp³-hybridized carbons (Fsp3) is 0.333. The van der Waals surface area contributed by atoms with Crippen molar-refractivity contribution >= 4 is 17.5 Å². The number of carbonyl (C=O) groups excluding carboxylic acids is 1. The van der Waals surface area contributed by atoms with E-state index in [1.807, 2.05) is 19.9 Å². The molecule has 2 aromatic heterocycles. The molecule has 6 heteroatoms. The second-order valence-corrected chi connectivity index (χ2v) is 4.57. The molecule has 5 nitrogen and oxygen atoms in total. The van der Waals surface area contributed by atoms with E-state index in [1.165, 1.54) is 0 Å². The molecule has 0 aliphatic carbocycles. The molecule has 2 heterocycles. The zero-order chi connectivity index (χ0) is 13.0. The SMILES string of the molecule is CCC(C)OC(=O)c1snnc1-c1cccnc1. The molecule has 0 saturated heterocycles. The van der Waals surface area contributed by atoms with Crippen LogP contribution in [-0.2, 0) is 4.74 Å². The fourth-order valence-electron chi connectivity index (χ4n) is 1.34. The third-order valence-corrected chi connectivity index (χ3v) is 3.20. The van der Waals surface area contributed by atoms with E-state index in [0.717, 1.165) is 23.5 Å². The fourth-order valence-corrected chi connectivity index (χ4v) is 1.91. The summed E-state index contributed by atoms with van der Waals surface area (Å²) in [6, 6.07) is 3.63. The summed E-state index contributed by atoms with van der Waals surface area (Å²) >= 11 is 1.04. The van der Waals surface area contributed by atoms with Gasteiger partial charge < -0.3 is 4.74 Å². The van der Waals surface area contributed by atoms with Gasteiger partial charge in [-0.3, -0.25) is 4.98 Å². The number of rotatable bonds is 4. The molecule has 2 aromatic rings. The zero-order valence-corrected chi connectivity index (χ0v) is 11.0. The first-order valence-corrected chi connectivity index (χ1v) is 6.43. The van der Waals surface area contributed by atoms with E-state index in [-0.39, 0.29) is 12.1 Å². The third-order valence-electron chi connectivity index (χ3n) is 2.49. The normalized spacial score (nSPS) is 12.1. The summed E-state index contributed by atoms with van der Waals surface area (Å²) in [6.45, 7) is 3.82. The first kappa shape index (κ1) is 12.6. The highest BCUT2D eigenvalue weighted by molar-refractivity contribution is 7.08. The van der Waals surface area contributed by atoms with Gasteiger partial charge in [0.1, 0.15) is 5.69 Å². The predicted molar refractivity (Wildman–Crippen MR) is 68.3 cm³/mol. The number of hydrogen-bond acceptors (Lipinski definition) is 6. The number of ether oxygens (including phenoxy) is 1. The van der Waals surface area contributed by atoms with Crippen LogP contribution in [0.1, 0.15) is 29.9 Å². The standard InChI is InChI=1S/C12H13N3O2S/c1-3-8(2)17-12(16)11-10(14-15-18-11)9-5-4-6-13-7-9/h4-8H,3H2,1-2H3. The lowest BCUT2D eigenvalue weighted by Gasteiger charge is -2.09. The quantitative estimate of drug-likeness (QED) is 0.793. The zero-order valence-electron chi connectivity index (χ0n) is 10.2. The molecule has 18 heavy (non-hydrogen) atoms. The Kier molecular flexibility index (Phi) is 3.99. The van der Waals surface area contributed by atoms with Crippen molar-refractivity contribution in [3.8, 4) is 11.3 Å². The molecule has 94 valence electrons. The summed E-state index contributed by atoms with van der Waals surface area (Å²) in [6.07, 6.45) is 3.98. The van der Waals surface area contributed by atoms with Gasteiger partial charge in [0, 0.05) is 18.0 Å². The van der Waals surface area contributed by atoms with Crippen molar-refractivity contribution in [2.75, 3.05) is 0 Å². The Hall–Kier alpha value is -1.82. The maximum Gasteiger partial charge on any atom is 0.352 e. The Bertz CT molecular complexity index is 527. The molecule has 0 aliphatic rings. The van der Waals surface area contributed by atoms with Gasteiger partial charge in [-0.2, -0.15) is 0 Å². The largest absolute Gasteiger partial charge is 0.458 e. The lowest BCUT2D eigenvalue weighted by Crippen LogP contribution is -2.13. The van der Waals surface area contributed by atoms with Gasteiger partial charge in [-0.25, -0.2) is 4.79 Å². The smallest absolute Gasteiger partial charge is 0.352 e. The van der Waals surface area contributed by atoms with Crippen molar-refractivity contribution in [1.29, 1.82) is 0 Å². The van der Waals surface area contributed by atoms with E-state index in [2.05, 4.69) is 14.6 Å². The van der Waals surface area contributed by atoms with Crippen molar-refractivity contribution in [2.24, 2.45) is 0 Å². The molecule has 0 spiro atoms. The summed E-state index contributed by atoms with van der Waals surface area (Å²) in [5, 5.41) is 3.97. The summed E-state index contributed by atoms with van der Waals surface area (Å²) in [5.74, 6) is -0.377. The molecule has 0 aromatic carbocycles. The van der Waals surface area contributed by atoms with E-state index in [1.54, 1.807) is 18.5 Å². The lowest BCUT2D eigenvalue weighted by molar-refractivity contribution is 0.0341. The van der Waals surface area contributed by atoms with Gasteiger partial charge in [0.25, 0.3) is 0 Å². The van der Waals surface area contributed by atoms with Crippen LogP contribution in [0.3, 0.4) is 0 Å². The highest BCUT2D eigenvalue weighted by Crippen LogP contribution is 2.24. The van der Waals surface area contributed by atoms with Crippen molar-refractivity contribution in [3.05, 3.63) is 29.4 Å². The third kappa shape index (κ3) is 2.70. The summed E-state index contributed by atoms with van der Waals surface area (Å²) < 4.78 is 9.09. The van der Waals surface area contributed by atoms with Crippen LogP contribution in [0.2, 0.25) is 0 Å². The molecule has 1 unspecified atom stereocenters. The molecule has 0 radical (unpaired) electrons. The number of hydrogen-bond donors (Lipinski definition) is 0. The Labute approximate surface area is 109 Å². The molecular formula is C12H13N3O2S. The van der Waals surface area contributed by atoms with Crippen LogP contribution >= 0.6 is 11.5 Å². The van der Waals surface area contributed by atoms with Gasteiger partial charge in [-0.1, -0.05) is 11.4 Å². The maximum absolute atomic E-state index is 12.0. The van der Waals surface area contributed by atoms with Crippen LogP contribution in [0.15, 0.2) is 24.5 Å². The van der Waals surface area contributed by atoms with Crippen molar-refractivity contribution in [1.82, 2.24) is 14.6 Å². The minimum absolute atomic E-state index is 0.110. The Morgan fingerprint density at radius 3 is 3.06 bits per heavy atom. The number of esters is 1. The van der Waals surface area contributed by atoms with Crippen LogP contribution < -0.4 is 0 Å². The van der Waals surface area contributed by atoms with Gasteiger partial charge in [0.2, 0.25) is 0 Å². The van der Waals surface area contributed by atoms with Crippen molar-refractivity contribution in [3.63, 3.8) is 0 Å². The van der Waals surface area contributed by atoms with Crippen LogP contribution in [0.5, 0.6) is 0 Å². The molecular weight excluding hydrogens is 250 g/mol. The first-order valence-electron chi connectivity index (χ1n) is 5.66. The molecule has 0 saturated carbocycles. The van der Waals surface area contributed by atoms with Crippen molar-refractivity contribution in [2.45, 2.75) is 26.4 Å². The molecule has 0 bridgehead atoms. The minimum Gasteiger partial charge on any atom is -0.458 e. The number of pyridine rings is 1. The predicted octanol–water partition coefficient (Wildman–Crippen LogP) is 2.56. The topological polar surface area (TPSA) is 65.0 Å². The van der Waals surface area contributed by atoms with E-state index >= 15 is 0 Å². The minimum atomic E-state index is -0.377. The van der Waals surface area contributed by atoms with E-state index < -0.39 is 0 Å². The summed E-state index contributed by atoms with van der Waals surface area (Å²) in [4.78, 5) is 16.4. The van der Waals surface area contributed by atoms with Gasteiger partial charge in [-0.15, -0.1) is 5.10 Å². The second kappa shape index (κ2) is 5.68. The summed E-state index contributed by atoms with van der Waals surface area (Å²) in [7, 11) is 0. The monoisotopic (exact) mass is 263 g/mol. The second-order valence-electron chi connectivity index (χ2n) is 3.82. The molecule has 1 atom stereocenters. The Morgan fingerprint density at radius 2 is 2.39 bits per heavy atom. The van der Waals surface area contributed by atoms with Gasteiger partial charge >= 0.3 is 5.97 Å². The average molecular weight is 263 g/mol. The van der Waals surface area contributed by atoms with E-state index in [9.17, 15) is 4.79 Å². The van der Waals surface area contributed by atoms with Gasteiger partial charge in [-0.05, 0) is 37.0 Å².